The van der Waals surface area contributed by atoms with Crippen LogP contribution < -0.4 is 9.86 Å². The molecule has 0 spiro atoms. The number of nitrogens with zero attached hydrogens (tertiary/aromatic N) is 1. The van der Waals surface area contributed by atoms with Crippen molar-refractivity contribution in [2.45, 2.75) is 18.6 Å². The summed E-state index contributed by atoms with van der Waals surface area (Å²) >= 11 is 0. The first-order valence-electron chi connectivity index (χ1n) is 4.07. The molecular formula is C6H13N3O4S2. The van der Waals surface area contributed by atoms with E-state index < -0.39 is 25.3 Å². The van der Waals surface area contributed by atoms with Gasteiger partial charge in [-0.05, 0) is 13.3 Å². The van der Waals surface area contributed by atoms with E-state index in [9.17, 15) is 16.8 Å². The maximum Gasteiger partial charge on any atom is 0.227 e. The van der Waals surface area contributed by atoms with Crippen LogP contribution in [0.3, 0.4) is 0 Å². The van der Waals surface area contributed by atoms with Gasteiger partial charge in [-0.2, -0.15) is 5.26 Å². The number of nitrogens with two attached hydrogens (primary N) is 1. The zero-order chi connectivity index (χ0) is 12.1. The molecule has 0 bridgehead atoms. The van der Waals surface area contributed by atoms with Crippen molar-refractivity contribution in [3.63, 3.8) is 0 Å². The van der Waals surface area contributed by atoms with E-state index in [0.29, 0.717) is 0 Å². The van der Waals surface area contributed by atoms with Gasteiger partial charge in [0, 0.05) is 6.54 Å². The van der Waals surface area contributed by atoms with Gasteiger partial charge < -0.3 is 0 Å². The second kappa shape index (κ2) is 5.41. The van der Waals surface area contributed by atoms with Crippen molar-refractivity contribution in [1.29, 1.82) is 5.26 Å². The van der Waals surface area contributed by atoms with Gasteiger partial charge in [-0.15, -0.1) is 0 Å². The van der Waals surface area contributed by atoms with Gasteiger partial charge >= 0.3 is 0 Å². The van der Waals surface area contributed by atoms with E-state index in [0.717, 1.165) is 0 Å². The summed E-state index contributed by atoms with van der Waals surface area (Å²) in [6.45, 7) is 1.19. The minimum Gasteiger partial charge on any atom is -0.229 e. The normalized spacial score (nSPS) is 14.5. The van der Waals surface area contributed by atoms with Crippen molar-refractivity contribution in [3.8, 4) is 6.07 Å². The van der Waals surface area contributed by atoms with Crippen molar-refractivity contribution in [1.82, 2.24) is 4.72 Å². The molecule has 0 aliphatic carbocycles. The number of nitriles is 1. The summed E-state index contributed by atoms with van der Waals surface area (Å²) in [4.78, 5) is 0. The number of rotatable bonds is 6. The number of sulfonamides is 2. The summed E-state index contributed by atoms with van der Waals surface area (Å²) in [7, 11) is -7.24. The Kier molecular flexibility index (Phi) is 5.16. The standard InChI is InChI=1S/C6H13N3O4S2/c1-6(5-7)15(12,13)9-3-2-4-14(8,10)11/h6,9H,2-4H2,1H3,(H2,8,10,11). The van der Waals surface area contributed by atoms with Crippen molar-refractivity contribution < 1.29 is 16.8 Å². The quantitative estimate of drug-likeness (QED) is 0.557. The van der Waals surface area contributed by atoms with E-state index >= 15 is 0 Å². The Labute approximate surface area is 89.4 Å². The smallest absolute Gasteiger partial charge is 0.227 e. The number of primary sulfonamides is 1. The summed E-state index contributed by atoms with van der Waals surface area (Å²) in [6, 6.07) is 1.57. The molecule has 0 saturated carbocycles. The molecule has 0 saturated heterocycles. The molecular weight excluding hydrogens is 242 g/mol. The SMILES string of the molecule is CC(C#N)S(=O)(=O)NCCCS(N)(=O)=O. The van der Waals surface area contributed by atoms with Crippen LogP contribution in [0.4, 0.5) is 0 Å². The number of nitrogens with one attached hydrogen (secondary N) is 1. The van der Waals surface area contributed by atoms with Gasteiger partial charge in [0.1, 0.15) is 0 Å². The molecule has 0 aliphatic rings. The predicted molar refractivity (Wildman–Crippen MR) is 54.6 cm³/mol. The second-order valence-corrected chi connectivity index (χ2v) is 6.75. The van der Waals surface area contributed by atoms with Gasteiger partial charge in [-0.1, -0.05) is 0 Å². The lowest BCUT2D eigenvalue weighted by Gasteiger charge is -2.06. The van der Waals surface area contributed by atoms with Crippen molar-refractivity contribution in [2.24, 2.45) is 5.14 Å². The highest BCUT2D eigenvalue weighted by molar-refractivity contribution is 7.90. The Morgan fingerprint density at radius 1 is 1.40 bits per heavy atom. The van der Waals surface area contributed by atoms with Crippen LogP contribution >= 0.6 is 0 Å². The van der Waals surface area contributed by atoms with E-state index in [4.69, 9.17) is 10.4 Å². The van der Waals surface area contributed by atoms with Crippen molar-refractivity contribution >= 4 is 20.0 Å². The predicted octanol–water partition coefficient (Wildman–Crippen LogP) is -1.50. The Bertz CT molecular complexity index is 433. The summed E-state index contributed by atoms with van der Waals surface area (Å²) in [5, 5.41) is 11.9. The van der Waals surface area contributed by atoms with Gasteiger partial charge in [0.05, 0.1) is 11.8 Å². The van der Waals surface area contributed by atoms with Crippen molar-refractivity contribution in [3.05, 3.63) is 0 Å². The average molecular weight is 255 g/mol. The van der Waals surface area contributed by atoms with Crippen LogP contribution in [0.2, 0.25) is 0 Å². The second-order valence-electron chi connectivity index (χ2n) is 2.93. The minimum absolute atomic E-state index is 0.0508. The van der Waals surface area contributed by atoms with E-state index in [-0.39, 0.29) is 18.7 Å². The molecule has 0 rings (SSSR count). The van der Waals surface area contributed by atoms with Gasteiger partial charge in [-0.3, -0.25) is 0 Å². The fraction of sp³-hybridized carbons (Fsp3) is 0.833. The zero-order valence-corrected chi connectivity index (χ0v) is 9.81. The molecule has 1 atom stereocenters. The van der Waals surface area contributed by atoms with Crippen LogP contribution in [-0.4, -0.2) is 34.4 Å². The molecule has 15 heavy (non-hydrogen) atoms. The Morgan fingerprint density at radius 2 is 1.93 bits per heavy atom. The fourth-order valence-corrected chi connectivity index (χ4v) is 2.05. The van der Waals surface area contributed by atoms with Crippen LogP contribution in [0.25, 0.3) is 0 Å². The maximum absolute atomic E-state index is 11.2. The van der Waals surface area contributed by atoms with Gasteiger partial charge in [0.25, 0.3) is 0 Å². The first-order valence-corrected chi connectivity index (χ1v) is 7.34. The summed E-state index contributed by atoms with van der Waals surface area (Å²) in [5.74, 6) is -0.295. The first kappa shape index (κ1) is 14.3. The molecule has 0 fully saturated rings. The molecule has 7 nitrogen and oxygen atoms in total. The molecule has 0 aromatic rings. The van der Waals surface area contributed by atoms with Gasteiger partial charge in [0.15, 0.2) is 5.25 Å². The third-order valence-electron chi connectivity index (χ3n) is 1.56. The summed E-state index contributed by atoms with van der Waals surface area (Å²) in [6.07, 6.45) is 0.0796. The van der Waals surface area contributed by atoms with Gasteiger partial charge in [0.2, 0.25) is 20.0 Å². The number of hydrogen-bond acceptors (Lipinski definition) is 5. The highest BCUT2D eigenvalue weighted by Gasteiger charge is 2.19. The molecule has 0 radical (unpaired) electrons. The monoisotopic (exact) mass is 255 g/mol. The summed E-state index contributed by atoms with van der Waals surface area (Å²) < 4.78 is 45.4. The third kappa shape index (κ3) is 6.40. The molecule has 1 unspecified atom stereocenters. The highest BCUT2D eigenvalue weighted by Crippen LogP contribution is 1.96. The molecule has 0 heterocycles. The van der Waals surface area contributed by atoms with E-state index in [1.165, 1.54) is 6.92 Å². The fourth-order valence-electron chi connectivity index (χ4n) is 0.682. The van der Waals surface area contributed by atoms with E-state index in [1.54, 1.807) is 6.07 Å². The third-order valence-corrected chi connectivity index (χ3v) is 4.06. The zero-order valence-electron chi connectivity index (χ0n) is 8.17. The molecule has 0 aliphatic heterocycles. The highest BCUT2D eigenvalue weighted by atomic mass is 32.2. The van der Waals surface area contributed by atoms with Crippen molar-refractivity contribution in [2.75, 3.05) is 12.3 Å². The lowest BCUT2D eigenvalue weighted by Crippen LogP contribution is -2.33. The molecule has 0 aromatic carbocycles. The molecule has 0 aromatic heterocycles. The van der Waals surface area contributed by atoms with E-state index in [1.807, 2.05) is 0 Å². The van der Waals surface area contributed by atoms with Crippen LogP contribution in [0.15, 0.2) is 0 Å². The molecule has 88 valence electrons. The average Bonchev–Trinajstić information content (AvgIpc) is 2.09. The van der Waals surface area contributed by atoms with Crippen LogP contribution in [0.5, 0.6) is 0 Å². The van der Waals surface area contributed by atoms with E-state index in [2.05, 4.69) is 4.72 Å². The van der Waals surface area contributed by atoms with Crippen LogP contribution in [0, 0.1) is 11.3 Å². The minimum atomic E-state index is -3.67. The van der Waals surface area contributed by atoms with Crippen LogP contribution in [0.1, 0.15) is 13.3 Å². The molecule has 3 N–H and O–H groups in total. The lowest BCUT2D eigenvalue weighted by molar-refractivity contribution is 0.573. The Morgan fingerprint density at radius 3 is 2.33 bits per heavy atom. The van der Waals surface area contributed by atoms with Crippen LogP contribution in [-0.2, 0) is 20.0 Å². The number of hydrogen-bond donors (Lipinski definition) is 2. The largest absolute Gasteiger partial charge is 0.229 e. The summed E-state index contributed by atoms with van der Waals surface area (Å²) in [5.41, 5.74) is 0. The molecule has 9 heteroatoms. The lowest BCUT2D eigenvalue weighted by atomic mass is 10.5. The van der Waals surface area contributed by atoms with Gasteiger partial charge in [-0.25, -0.2) is 26.7 Å². The Balaban J connectivity index is 4.05. The maximum atomic E-state index is 11.2. The Hall–Kier alpha value is -0.690. The molecule has 0 amide bonds. The first-order chi connectivity index (χ1) is 6.69. The topological polar surface area (TPSA) is 130 Å².